The number of carbonyl (C=O) groups excluding carboxylic acids is 1. The molecule has 2 aliphatic carbocycles. The van der Waals surface area contributed by atoms with Crippen LogP contribution in [-0.2, 0) is 4.79 Å². The normalized spacial score (nSPS) is 28.5. The van der Waals surface area contributed by atoms with Gasteiger partial charge in [-0.1, -0.05) is 12.1 Å². The largest absolute Gasteiger partial charge is 0.497 e. The minimum atomic E-state index is 0.194. The quantitative estimate of drug-likeness (QED) is 0.854. The third-order valence-electron chi connectivity index (χ3n) is 5.32. The summed E-state index contributed by atoms with van der Waals surface area (Å²) >= 11 is 0. The van der Waals surface area contributed by atoms with Crippen LogP contribution in [0, 0.1) is 5.92 Å². The van der Waals surface area contributed by atoms with Gasteiger partial charge in [-0.25, -0.2) is 0 Å². The fourth-order valence-electron chi connectivity index (χ4n) is 3.69. The fourth-order valence-corrected chi connectivity index (χ4v) is 3.69. The van der Waals surface area contributed by atoms with E-state index in [-0.39, 0.29) is 5.92 Å². The number of amides is 1. The molecule has 0 bridgehead atoms. The molecule has 1 aliphatic heterocycles. The minimum absolute atomic E-state index is 0.194. The van der Waals surface area contributed by atoms with Crippen LogP contribution < -0.4 is 4.74 Å². The summed E-state index contributed by atoms with van der Waals surface area (Å²) in [5.74, 6) is 1.83. The maximum absolute atomic E-state index is 12.7. The molecule has 2 atom stereocenters. The van der Waals surface area contributed by atoms with E-state index < -0.39 is 0 Å². The van der Waals surface area contributed by atoms with E-state index in [0.717, 1.165) is 44.4 Å². The Morgan fingerprint density at radius 1 is 1.18 bits per heavy atom. The number of rotatable bonds is 4. The maximum atomic E-state index is 12.7. The highest BCUT2D eigenvalue weighted by molar-refractivity contribution is 5.83. The molecule has 1 aromatic carbocycles. The lowest BCUT2D eigenvalue weighted by atomic mass is 10.1. The van der Waals surface area contributed by atoms with Crippen molar-refractivity contribution >= 4 is 5.91 Å². The number of benzene rings is 1. The SMILES string of the molecule is COc1cccc([C@@H]2C[C@@H]2C(=O)N2CCN(C3CC3)CC2)c1. The lowest BCUT2D eigenvalue weighted by molar-refractivity contribution is -0.134. The Morgan fingerprint density at radius 3 is 2.64 bits per heavy atom. The minimum Gasteiger partial charge on any atom is -0.497 e. The van der Waals surface area contributed by atoms with Crippen LogP contribution in [0.15, 0.2) is 24.3 Å². The number of ether oxygens (including phenoxy) is 1. The molecule has 4 rings (SSSR count). The van der Waals surface area contributed by atoms with Crippen LogP contribution in [0.5, 0.6) is 5.75 Å². The van der Waals surface area contributed by atoms with Gasteiger partial charge in [-0.05, 0) is 42.9 Å². The molecular formula is C18H24N2O2. The zero-order valence-electron chi connectivity index (χ0n) is 13.2. The van der Waals surface area contributed by atoms with Gasteiger partial charge in [0.2, 0.25) is 5.91 Å². The third-order valence-corrected chi connectivity index (χ3v) is 5.32. The van der Waals surface area contributed by atoms with Gasteiger partial charge in [0, 0.05) is 38.1 Å². The average molecular weight is 300 g/mol. The van der Waals surface area contributed by atoms with Gasteiger partial charge < -0.3 is 9.64 Å². The number of piperazine rings is 1. The topological polar surface area (TPSA) is 32.8 Å². The average Bonchev–Trinajstić information content (AvgIpc) is 3.47. The van der Waals surface area contributed by atoms with Gasteiger partial charge in [-0.2, -0.15) is 0 Å². The van der Waals surface area contributed by atoms with E-state index in [0.29, 0.717) is 11.8 Å². The van der Waals surface area contributed by atoms with Gasteiger partial charge in [0.1, 0.15) is 5.75 Å². The van der Waals surface area contributed by atoms with Crippen LogP contribution in [0.25, 0.3) is 0 Å². The molecule has 118 valence electrons. The van der Waals surface area contributed by atoms with Gasteiger partial charge in [-0.3, -0.25) is 9.69 Å². The molecule has 0 radical (unpaired) electrons. The molecule has 4 nitrogen and oxygen atoms in total. The van der Waals surface area contributed by atoms with E-state index in [1.807, 2.05) is 12.1 Å². The van der Waals surface area contributed by atoms with Crippen molar-refractivity contribution in [3.05, 3.63) is 29.8 Å². The molecule has 0 N–H and O–H groups in total. The van der Waals surface area contributed by atoms with Crippen molar-refractivity contribution < 1.29 is 9.53 Å². The summed E-state index contributed by atoms with van der Waals surface area (Å²) in [4.78, 5) is 17.3. The fraction of sp³-hybridized carbons (Fsp3) is 0.611. The van der Waals surface area contributed by atoms with Crippen LogP contribution in [0.2, 0.25) is 0 Å². The van der Waals surface area contributed by atoms with Crippen molar-refractivity contribution in [2.45, 2.75) is 31.2 Å². The number of carbonyl (C=O) groups is 1. The second-order valence-corrected chi connectivity index (χ2v) is 6.82. The summed E-state index contributed by atoms with van der Waals surface area (Å²) in [6, 6.07) is 8.99. The highest BCUT2D eigenvalue weighted by Gasteiger charge is 2.46. The highest BCUT2D eigenvalue weighted by Crippen LogP contribution is 2.49. The van der Waals surface area contributed by atoms with Crippen molar-refractivity contribution in [3.63, 3.8) is 0 Å². The Labute approximate surface area is 132 Å². The summed E-state index contributed by atoms with van der Waals surface area (Å²) < 4.78 is 5.28. The summed E-state index contributed by atoms with van der Waals surface area (Å²) in [5.41, 5.74) is 1.24. The van der Waals surface area contributed by atoms with Crippen LogP contribution >= 0.6 is 0 Å². The molecule has 2 saturated carbocycles. The van der Waals surface area contributed by atoms with Gasteiger partial charge >= 0.3 is 0 Å². The molecule has 1 amide bonds. The monoisotopic (exact) mass is 300 g/mol. The Bertz CT molecular complexity index is 562. The number of hydrogen-bond donors (Lipinski definition) is 0. The molecule has 0 unspecified atom stereocenters. The van der Waals surface area contributed by atoms with Crippen molar-refractivity contribution in [1.82, 2.24) is 9.80 Å². The van der Waals surface area contributed by atoms with E-state index in [4.69, 9.17) is 4.74 Å². The van der Waals surface area contributed by atoms with Crippen LogP contribution in [0.4, 0.5) is 0 Å². The highest BCUT2D eigenvalue weighted by atomic mass is 16.5. The first-order chi connectivity index (χ1) is 10.8. The molecule has 1 heterocycles. The predicted octanol–water partition coefficient (Wildman–Crippen LogP) is 2.11. The number of hydrogen-bond acceptors (Lipinski definition) is 3. The maximum Gasteiger partial charge on any atom is 0.226 e. The molecule has 1 saturated heterocycles. The lowest BCUT2D eigenvalue weighted by Gasteiger charge is -2.35. The van der Waals surface area contributed by atoms with E-state index in [2.05, 4.69) is 21.9 Å². The summed E-state index contributed by atoms with van der Waals surface area (Å²) in [6.45, 7) is 3.95. The Kier molecular flexibility index (Phi) is 3.57. The summed E-state index contributed by atoms with van der Waals surface area (Å²) in [7, 11) is 1.69. The predicted molar refractivity (Wildman–Crippen MR) is 85.0 cm³/mol. The van der Waals surface area contributed by atoms with Crippen LogP contribution in [-0.4, -0.2) is 55.0 Å². The standard InChI is InChI=1S/C18H24N2O2/c1-22-15-4-2-3-13(11-15)16-12-17(16)18(21)20-9-7-19(8-10-20)14-5-6-14/h2-4,11,14,16-17H,5-10,12H2,1H3/t16-,17-/m0/s1. The Hall–Kier alpha value is -1.55. The first kappa shape index (κ1) is 14.1. The van der Waals surface area contributed by atoms with Crippen molar-refractivity contribution in [2.24, 2.45) is 5.92 Å². The first-order valence-corrected chi connectivity index (χ1v) is 8.43. The van der Waals surface area contributed by atoms with Crippen LogP contribution in [0.3, 0.4) is 0 Å². The zero-order valence-corrected chi connectivity index (χ0v) is 13.2. The Balaban J connectivity index is 1.34. The van der Waals surface area contributed by atoms with Crippen LogP contribution in [0.1, 0.15) is 30.7 Å². The molecule has 3 fully saturated rings. The molecule has 22 heavy (non-hydrogen) atoms. The molecule has 4 heteroatoms. The molecule has 3 aliphatic rings. The van der Waals surface area contributed by atoms with E-state index in [1.165, 1.54) is 18.4 Å². The lowest BCUT2D eigenvalue weighted by Crippen LogP contribution is -2.49. The first-order valence-electron chi connectivity index (χ1n) is 8.43. The second-order valence-electron chi connectivity index (χ2n) is 6.82. The van der Waals surface area contributed by atoms with Crippen molar-refractivity contribution in [1.29, 1.82) is 0 Å². The smallest absolute Gasteiger partial charge is 0.226 e. The van der Waals surface area contributed by atoms with Crippen molar-refractivity contribution in [3.8, 4) is 5.75 Å². The second kappa shape index (κ2) is 5.58. The molecule has 0 aromatic heterocycles. The summed E-state index contributed by atoms with van der Waals surface area (Å²) in [6.07, 6.45) is 3.71. The van der Waals surface area contributed by atoms with Gasteiger partial charge in [0.05, 0.1) is 7.11 Å². The number of nitrogens with zero attached hydrogens (tertiary/aromatic N) is 2. The van der Waals surface area contributed by atoms with Gasteiger partial charge in [0.25, 0.3) is 0 Å². The van der Waals surface area contributed by atoms with E-state index in [9.17, 15) is 4.79 Å². The van der Waals surface area contributed by atoms with E-state index in [1.54, 1.807) is 7.11 Å². The van der Waals surface area contributed by atoms with E-state index >= 15 is 0 Å². The van der Waals surface area contributed by atoms with Gasteiger partial charge in [0.15, 0.2) is 0 Å². The molecular weight excluding hydrogens is 276 g/mol. The molecule has 0 spiro atoms. The zero-order chi connectivity index (χ0) is 15.1. The summed E-state index contributed by atoms with van der Waals surface area (Å²) in [5, 5.41) is 0. The van der Waals surface area contributed by atoms with Gasteiger partial charge in [-0.15, -0.1) is 0 Å². The Morgan fingerprint density at radius 2 is 1.95 bits per heavy atom. The number of methoxy groups -OCH3 is 1. The van der Waals surface area contributed by atoms with Crippen molar-refractivity contribution in [2.75, 3.05) is 33.3 Å². The molecule has 1 aromatic rings. The third kappa shape index (κ3) is 2.72.